The zero-order chi connectivity index (χ0) is 14.5. The third-order valence-electron chi connectivity index (χ3n) is 2.81. The normalized spacial score (nSPS) is 11.2. The van der Waals surface area contributed by atoms with Crippen molar-refractivity contribution in [3.8, 4) is 5.75 Å². The molecule has 2 aromatic carbocycles. The molecule has 102 valence electrons. The Kier molecular flexibility index (Phi) is 4.43. The van der Waals surface area contributed by atoms with Crippen molar-refractivity contribution in [3.63, 3.8) is 0 Å². The van der Waals surface area contributed by atoms with Gasteiger partial charge >= 0.3 is 5.97 Å². The molecule has 2 rings (SSSR count). The van der Waals surface area contributed by atoms with E-state index < -0.39 is 5.97 Å². The number of halogens is 1. The molecule has 0 radical (unpaired) electrons. The summed E-state index contributed by atoms with van der Waals surface area (Å²) >= 11 is 5.82. The lowest BCUT2D eigenvalue weighted by atomic mass is 10.0. The maximum Gasteiger partial charge on any atom is 0.336 e. The summed E-state index contributed by atoms with van der Waals surface area (Å²) in [6, 6.07) is 14.0. The molecule has 2 aromatic rings. The van der Waals surface area contributed by atoms with Crippen LogP contribution in [0.15, 0.2) is 48.5 Å². The molecule has 1 N–H and O–H groups in total. The van der Waals surface area contributed by atoms with Gasteiger partial charge in [-0.25, -0.2) is 4.79 Å². The van der Waals surface area contributed by atoms with Crippen LogP contribution in [0.5, 0.6) is 5.75 Å². The van der Waals surface area contributed by atoms with Crippen molar-refractivity contribution in [2.75, 3.05) is 7.11 Å². The minimum Gasteiger partial charge on any atom is -0.496 e. The van der Waals surface area contributed by atoms with Crippen LogP contribution in [0.25, 0.3) is 11.6 Å². The largest absolute Gasteiger partial charge is 0.496 e. The Morgan fingerprint density at radius 1 is 1.15 bits per heavy atom. The summed E-state index contributed by atoms with van der Waals surface area (Å²) in [5.74, 6) is -0.487. The number of methoxy groups -OCH3 is 1. The van der Waals surface area contributed by atoms with Crippen LogP contribution in [0.4, 0.5) is 0 Å². The number of aliphatic carboxylic acids is 1. The third-order valence-corrected chi connectivity index (χ3v) is 3.06. The monoisotopic (exact) mass is 288 g/mol. The lowest BCUT2D eigenvalue weighted by molar-refractivity contribution is -0.130. The molecule has 0 aliphatic carbocycles. The van der Waals surface area contributed by atoms with Crippen LogP contribution in [-0.2, 0) is 4.79 Å². The molecule has 20 heavy (non-hydrogen) atoms. The maximum atomic E-state index is 11.5. The van der Waals surface area contributed by atoms with Crippen LogP contribution >= 0.6 is 11.6 Å². The van der Waals surface area contributed by atoms with E-state index in [9.17, 15) is 9.90 Å². The molecule has 0 saturated carbocycles. The molecule has 0 aromatic heterocycles. The summed E-state index contributed by atoms with van der Waals surface area (Å²) in [5, 5.41) is 10.0. The highest BCUT2D eigenvalue weighted by Crippen LogP contribution is 2.27. The molecule has 0 aliphatic rings. The fourth-order valence-corrected chi connectivity index (χ4v) is 1.97. The third kappa shape index (κ3) is 3.19. The zero-order valence-electron chi connectivity index (χ0n) is 10.8. The molecule has 0 aliphatic heterocycles. The summed E-state index contributed by atoms with van der Waals surface area (Å²) in [7, 11) is 1.51. The topological polar surface area (TPSA) is 46.5 Å². The average molecular weight is 289 g/mol. The number of para-hydroxylation sites is 1. The smallest absolute Gasteiger partial charge is 0.336 e. The van der Waals surface area contributed by atoms with Gasteiger partial charge in [0.15, 0.2) is 0 Å². The molecule has 0 saturated heterocycles. The lowest BCUT2D eigenvalue weighted by Gasteiger charge is -2.09. The van der Waals surface area contributed by atoms with Crippen molar-refractivity contribution in [1.29, 1.82) is 0 Å². The first-order valence-electron chi connectivity index (χ1n) is 5.96. The van der Waals surface area contributed by atoms with E-state index in [1.165, 1.54) is 7.11 Å². The summed E-state index contributed by atoms with van der Waals surface area (Å²) in [6.07, 6.45) is 1.59. The van der Waals surface area contributed by atoms with Gasteiger partial charge in [-0.1, -0.05) is 41.9 Å². The summed E-state index contributed by atoms with van der Waals surface area (Å²) in [6.45, 7) is 0. The number of carboxylic acid groups (broad SMARTS) is 1. The SMILES string of the molecule is COc1ccccc1/C(=C/c1ccc(Cl)cc1)C(=O)O. The van der Waals surface area contributed by atoms with Gasteiger partial charge in [0.2, 0.25) is 0 Å². The Morgan fingerprint density at radius 2 is 1.80 bits per heavy atom. The van der Waals surface area contributed by atoms with Crippen molar-refractivity contribution in [1.82, 2.24) is 0 Å². The molecule has 0 spiro atoms. The quantitative estimate of drug-likeness (QED) is 0.684. The number of ether oxygens (including phenoxy) is 1. The van der Waals surface area contributed by atoms with Gasteiger partial charge in [0, 0.05) is 10.6 Å². The van der Waals surface area contributed by atoms with Gasteiger partial charge in [0.25, 0.3) is 0 Å². The Morgan fingerprint density at radius 3 is 2.40 bits per heavy atom. The van der Waals surface area contributed by atoms with E-state index in [4.69, 9.17) is 16.3 Å². The molecule has 0 unspecified atom stereocenters. The second-order valence-corrected chi connectivity index (χ2v) is 4.55. The second-order valence-electron chi connectivity index (χ2n) is 4.12. The molecule has 3 nitrogen and oxygen atoms in total. The highest BCUT2D eigenvalue weighted by molar-refractivity contribution is 6.30. The summed E-state index contributed by atoms with van der Waals surface area (Å²) in [4.78, 5) is 11.5. The fourth-order valence-electron chi connectivity index (χ4n) is 1.85. The van der Waals surface area contributed by atoms with Gasteiger partial charge in [0.05, 0.1) is 12.7 Å². The molecular weight excluding hydrogens is 276 g/mol. The standard InChI is InChI=1S/C16H13ClO3/c1-20-15-5-3-2-4-13(15)14(16(18)19)10-11-6-8-12(17)9-7-11/h2-10H,1H3,(H,18,19)/b14-10-. The first kappa shape index (κ1) is 14.2. The molecule has 0 atom stereocenters. The van der Waals surface area contributed by atoms with E-state index in [0.717, 1.165) is 5.56 Å². The number of hydrogen-bond acceptors (Lipinski definition) is 2. The Hall–Kier alpha value is -2.26. The van der Waals surface area contributed by atoms with Crippen molar-refractivity contribution in [2.24, 2.45) is 0 Å². The minimum absolute atomic E-state index is 0.171. The van der Waals surface area contributed by atoms with Crippen molar-refractivity contribution in [3.05, 3.63) is 64.7 Å². The van der Waals surface area contributed by atoms with Crippen LogP contribution in [0, 0.1) is 0 Å². The summed E-state index contributed by atoms with van der Waals surface area (Å²) in [5.41, 5.74) is 1.47. The fraction of sp³-hybridized carbons (Fsp3) is 0.0625. The highest BCUT2D eigenvalue weighted by Gasteiger charge is 2.14. The molecular formula is C16H13ClO3. The van der Waals surface area contributed by atoms with E-state index in [-0.39, 0.29) is 5.57 Å². The molecule has 0 amide bonds. The maximum absolute atomic E-state index is 11.5. The van der Waals surface area contributed by atoms with E-state index >= 15 is 0 Å². The van der Waals surface area contributed by atoms with Crippen LogP contribution in [0.3, 0.4) is 0 Å². The number of benzene rings is 2. The van der Waals surface area contributed by atoms with Gasteiger partial charge in [-0.3, -0.25) is 0 Å². The van der Waals surface area contributed by atoms with Crippen LogP contribution in [-0.4, -0.2) is 18.2 Å². The predicted molar refractivity (Wildman–Crippen MR) is 80.0 cm³/mol. The molecule has 4 heteroatoms. The van der Waals surface area contributed by atoms with Crippen LogP contribution in [0.1, 0.15) is 11.1 Å². The van der Waals surface area contributed by atoms with Gasteiger partial charge in [0.1, 0.15) is 5.75 Å². The minimum atomic E-state index is -1.01. The summed E-state index contributed by atoms with van der Waals surface area (Å²) < 4.78 is 5.21. The first-order chi connectivity index (χ1) is 9.61. The van der Waals surface area contributed by atoms with E-state index in [2.05, 4.69) is 0 Å². The molecule has 0 fully saturated rings. The first-order valence-corrected chi connectivity index (χ1v) is 6.33. The molecule has 0 bridgehead atoms. The average Bonchev–Trinajstić information content (AvgIpc) is 2.46. The van der Waals surface area contributed by atoms with Crippen molar-refractivity contribution >= 4 is 29.2 Å². The predicted octanol–water partition coefficient (Wildman–Crippen LogP) is 3.97. The highest BCUT2D eigenvalue weighted by atomic mass is 35.5. The van der Waals surface area contributed by atoms with Gasteiger partial charge in [-0.15, -0.1) is 0 Å². The van der Waals surface area contributed by atoms with E-state index in [1.807, 2.05) is 0 Å². The van der Waals surface area contributed by atoms with Crippen molar-refractivity contribution in [2.45, 2.75) is 0 Å². The second kappa shape index (κ2) is 6.26. The Balaban J connectivity index is 2.51. The number of carbonyl (C=O) groups is 1. The van der Waals surface area contributed by atoms with Gasteiger partial charge in [-0.2, -0.15) is 0 Å². The van der Waals surface area contributed by atoms with E-state index in [1.54, 1.807) is 54.6 Å². The molecule has 0 heterocycles. The number of carboxylic acids is 1. The van der Waals surface area contributed by atoms with Crippen LogP contribution in [0.2, 0.25) is 5.02 Å². The Bertz CT molecular complexity index is 645. The zero-order valence-corrected chi connectivity index (χ0v) is 11.6. The number of rotatable bonds is 4. The van der Waals surface area contributed by atoms with E-state index in [0.29, 0.717) is 16.3 Å². The Labute approximate surface area is 122 Å². The van der Waals surface area contributed by atoms with Crippen LogP contribution < -0.4 is 4.74 Å². The number of hydrogen-bond donors (Lipinski definition) is 1. The van der Waals surface area contributed by atoms with Gasteiger partial charge < -0.3 is 9.84 Å². The van der Waals surface area contributed by atoms with Crippen molar-refractivity contribution < 1.29 is 14.6 Å². The lowest BCUT2D eigenvalue weighted by Crippen LogP contribution is -2.01. The van der Waals surface area contributed by atoms with Gasteiger partial charge in [-0.05, 0) is 29.8 Å².